The SMILES string of the molecule is CNc1ccc(/C=C/C(=O)Nc2cc3ccccc3cc2C(=O)ON)cc1OC. The van der Waals surface area contributed by atoms with E-state index in [2.05, 4.69) is 15.5 Å². The van der Waals surface area contributed by atoms with Gasteiger partial charge in [-0.1, -0.05) is 30.3 Å². The molecule has 0 radical (unpaired) electrons. The molecule has 0 heterocycles. The standard InChI is InChI=1S/C22H21N3O4/c1-24-18-9-7-14(11-20(18)28-2)8-10-21(26)25-19-13-16-6-4-3-5-15(16)12-17(19)22(27)29-23/h3-13,24H,23H2,1-2H3,(H,25,26)/b10-8+. The molecule has 0 atom stereocenters. The summed E-state index contributed by atoms with van der Waals surface area (Å²) in [6, 6.07) is 16.3. The van der Waals surface area contributed by atoms with E-state index in [9.17, 15) is 9.59 Å². The average molecular weight is 391 g/mol. The maximum Gasteiger partial charge on any atom is 0.358 e. The summed E-state index contributed by atoms with van der Waals surface area (Å²) < 4.78 is 5.31. The van der Waals surface area contributed by atoms with E-state index in [0.717, 1.165) is 22.0 Å². The van der Waals surface area contributed by atoms with Gasteiger partial charge in [-0.25, -0.2) is 4.79 Å². The van der Waals surface area contributed by atoms with Crippen LogP contribution in [-0.2, 0) is 9.63 Å². The number of benzene rings is 3. The first-order valence-corrected chi connectivity index (χ1v) is 8.84. The second-order valence-corrected chi connectivity index (χ2v) is 6.18. The maximum absolute atomic E-state index is 12.4. The third-order valence-corrected chi connectivity index (χ3v) is 4.39. The van der Waals surface area contributed by atoms with Gasteiger partial charge >= 0.3 is 5.97 Å². The predicted octanol–water partition coefficient (Wildman–Crippen LogP) is 3.57. The van der Waals surface area contributed by atoms with E-state index in [1.165, 1.54) is 6.08 Å². The summed E-state index contributed by atoms with van der Waals surface area (Å²) >= 11 is 0. The first-order valence-electron chi connectivity index (χ1n) is 8.84. The van der Waals surface area contributed by atoms with Crippen LogP contribution in [0.4, 0.5) is 11.4 Å². The Morgan fingerprint density at radius 3 is 2.38 bits per heavy atom. The minimum absolute atomic E-state index is 0.174. The number of nitrogens with two attached hydrogens (primary N) is 1. The van der Waals surface area contributed by atoms with Crippen LogP contribution in [0, 0.1) is 0 Å². The minimum Gasteiger partial charge on any atom is -0.495 e. The zero-order valence-electron chi connectivity index (χ0n) is 16.1. The zero-order valence-corrected chi connectivity index (χ0v) is 16.1. The van der Waals surface area contributed by atoms with Crippen molar-refractivity contribution in [1.82, 2.24) is 0 Å². The highest BCUT2D eigenvalue weighted by atomic mass is 16.7. The number of anilines is 2. The summed E-state index contributed by atoms with van der Waals surface area (Å²) in [7, 11) is 3.38. The van der Waals surface area contributed by atoms with Crippen molar-refractivity contribution in [3.8, 4) is 5.75 Å². The van der Waals surface area contributed by atoms with Crippen LogP contribution in [0.1, 0.15) is 15.9 Å². The number of nitrogens with one attached hydrogen (secondary N) is 2. The number of carbonyl (C=O) groups excluding carboxylic acids is 2. The number of amides is 1. The molecule has 4 N–H and O–H groups in total. The molecule has 0 saturated heterocycles. The van der Waals surface area contributed by atoms with E-state index in [1.807, 2.05) is 42.5 Å². The average Bonchev–Trinajstić information content (AvgIpc) is 2.76. The van der Waals surface area contributed by atoms with Gasteiger partial charge < -0.3 is 20.2 Å². The van der Waals surface area contributed by atoms with Crippen LogP contribution in [0.25, 0.3) is 16.8 Å². The normalized spacial score (nSPS) is 10.7. The van der Waals surface area contributed by atoms with Gasteiger partial charge in [0, 0.05) is 13.1 Å². The molecule has 0 aliphatic rings. The maximum atomic E-state index is 12.4. The number of hydrogen-bond acceptors (Lipinski definition) is 6. The molecule has 3 rings (SSSR count). The fraction of sp³-hybridized carbons (Fsp3) is 0.0909. The molecule has 0 fully saturated rings. The van der Waals surface area contributed by atoms with Crippen LogP contribution in [0.3, 0.4) is 0 Å². The molecule has 0 bridgehead atoms. The lowest BCUT2D eigenvalue weighted by atomic mass is 10.0. The molecule has 29 heavy (non-hydrogen) atoms. The number of fused-ring (bicyclic) bond motifs is 1. The summed E-state index contributed by atoms with van der Waals surface area (Å²) in [6.07, 6.45) is 3.03. The Labute approximate surface area is 168 Å². The summed E-state index contributed by atoms with van der Waals surface area (Å²) in [5.74, 6) is 4.57. The molecular formula is C22H21N3O4. The lowest BCUT2D eigenvalue weighted by molar-refractivity contribution is -0.111. The van der Waals surface area contributed by atoms with E-state index >= 15 is 0 Å². The van der Waals surface area contributed by atoms with Crippen molar-refractivity contribution in [3.63, 3.8) is 0 Å². The third kappa shape index (κ3) is 4.53. The van der Waals surface area contributed by atoms with Crippen molar-refractivity contribution in [2.75, 3.05) is 24.8 Å². The summed E-state index contributed by atoms with van der Waals surface area (Å²) in [5, 5.41) is 7.44. The van der Waals surface area contributed by atoms with Crippen LogP contribution in [0.5, 0.6) is 5.75 Å². The Balaban J connectivity index is 1.85. The van der Waals surface area contributed by atoms with Gasteiger partial charge in [0.25, 0.3) is 0 Å². The fourth-order valence-electron chi connectivity index (χ4n) is 2.94. The first-order chi connectivity index (χ1) is 14.0. The molecule has 0 aromatic heterocycles. The molecule has 7 nitrogen and oxygen atoms in total. The smallest absolute Gasteiger partial charge is 0.358 e. The Morgan fingerprint density at radius 2 is 1.72 bits per heavy atom. The van der Waals surface area contributed by atoms with Crippen molar-refractivity contribution in [2.45, 2.75) is 0 Å². The monoisotopic (exact) mass is 391 g/mol. The summed E-state index contributed by atoms with van der Waals surface area (Å²) in [5.41, 5.74) is 2.12. The van der Waals surface area contributed by atoms with Crippen LogP contribution < -0.4 is 21.3 Å². The quantitative estimate of drug-likeness (QED) is 0.438. The Kier molecular flexibility index (Phi) is 6.11. The Hall–Kier alpha value is -3.84. The molecule has 0 spiro atoms. The van der Waals surface area contributed by atoms with Crippen LogP contribution in [0.15, 0.2) is 60.7 Å². The van der Waals surface area contributed by atoms with Crippen molar-refractivity contribution in [1.29, 1.82) is 0 Å². The number of rotatable bonds is 6. The molecule has 7 heteroatoms. The van der Waals surface area contributed by atoms with Crippen molar-refractivity contribution in [2.24, 2.45) is 5.90 Å². The van der Waals surface area contributed by atoms with Gasteiger partial charge in [0.1, 0.15) is 5.75 Å². The van der Waals surface area contributed by atoms with Crippen molar-refractivity contribution >= 4 is 40.1 Å². The van der Waals surface area contributed by atoms with Gasteiger partial charge in [-0.3, -0.25) is 4.79 Å². The number of carbonyl (C=O) groups is 2. The molecular weight excluding hydrogens is 370 g/mol. The predicted molar refractivity (Wildman–Crippen MR) is 114 cm³/mol. The molecule has 148 valence electrons. The molecule has 0 saturated carbocycles. The van der Waals surface area contributed by atoms with Crippen LogP contribution in [-0.4, -0.2) is 26.0 Å². The van der Waals surface area contributed by atoms with Gasteiger partial charge in [-0.2, -0.15) is 5.90 Å². The lowest BCUT2D eigenvalue weighted by Crippen LogP contribution is -2.16. The van der Waals surface area contributed by atoms with Gasteiger partial charge in [0.05, 0.1) is 24.0 Å². The molecule has 0 aliphatic carbocycles. The fourth-order valence-corrected chi connectivity index (χ4v) is 2.94. The van der Waals surface area contributed by atoms with E-state index in [1.54, 1.807) is 32.4 Å². The second-order valence-electron chi connectivity index (χ2n) is 6.18. The summed E-state index contributed by atoms with van der Waals surface area (Å²) in [4.78, 5) is 28.8. The van der Waals surface area contributed by atoms with E-state index in [-0.39, 0.29) is 5.56 Å². The number of hydrogen-bond donors (Lipinski definition) is 3. The first kappa shape index (κ1) is 19.9. The highest BCUT2D eigenvalue weighted by Crippen LogP contribution is 2.26. The van der Waals surface area contributed by atoms with Crippen LogP contribution in [0.2, 0.25) is 0 Å². The van der Waals surface area contributed by atoms with Gasteiger partial charge in [-0.15, -0.1) is 0 Å². The van der Waals surface area contributed by atoms with Gasteiger partial charge in [0.2, 0.25) is 5.91 Å². The van der Waals surface area contributed by atoms with Crippen molar-refractivity contribution < 1.29 is 19.2 Å². The largest absolute Gasteiger partial charge is 0.495 e. The summed E-state index contributed by atoms with van der Waals surface area (Å²) in [6.45, 7) is 0. The molecule has 0 aliphatic heterocycles. The van der Waals surface area contributed by atoms with Crippen molar-refractivity contribution in [3.05, 3.63) is 71.8 Å². The van der Waals surface area contributed by atoms with E-state index in [4.69, 9.17) is 10.6 Å². The Morgan fingerprint density at radius 1 is 1.00 bits per heavy atom. The number of methoxy groups -OCH3 is 1. The molecule has 1 amide bonds. The van der Waals surface area contributed by atoms with Gasteiger partial charge in [0.15, 0.2) is 0 Å². The zero-order chi connectivity index (χ0) is 20.8. The highest BCUT2D eigenvalue weighted by Gasteiger charge is 2.15. The topological polar surface area (TPSA) is 103 Å². The van der Waals surface area contributed by atoms with Crippen LogP contribution >= 0.6 is 0 Å². The van der Waals surface area contributed by atoms with E-state index < -0.39 is 11.9 Å². The third-order valence-electron chi connectivity index (χ3n) is 4.39. The van der Waals surface area contributed by atoms with Gasteiger partial charge in [-0.05, 0) is 46.7 Å². The highest BCUT2D eigenvalue weighted by molar-refractivity contribution is 6.09. The number of ether oxygens (including phenoxy) is 1. The lowest BCUT2D eigenvalue weighted by Gasteiger charge is -2.10. The van der Waals surface area contributed by atoms with E-state index in [0.29, 0.717) is 11.4 Å². The molecule has 3 aromatic carbocycles. The molecule has 0 unspecified atom stereocenters. The molecule has 3 aromatic rings. The minimum atomic E-state index is -0.734. The Bertz CT molecular complexity index is 1090. The second kappa shape index (κ2) is 8.90.